The van der Waals surface area contributed by atoms with Crippen LogP contribution in [-0.4, -0.2) is 40.6 Å². The summed E-state index contributed by atoms with van der Waals surface area (Å²) in [6, 6.07) is 38.5. The zero-order valence-corrected chi connectivity index (χ0v) is 20.9. The first-order valence-electron chi connectivity index (χ1n) is 12.5. The fourth-order valence-electron chi connectivity index (χ4n) is 5.30. The molecule has 0 spiro atoms. The number of para-hydroxylation sites is 2. The average molecular weight is 493 g/mol. The maximum Gasteiger partial charge on any atom is 0.206 e. The monoisotopic (exact) mass is 492 g/mol. The van der Waals surface area contributed by atoms with E-state index in [4.69, 9.17) is 16.6 Å². The van der Waals surface area contributed by atoms with Crippen molar-refractivity contribution in [1.82, 2.24) is 14.5 Å². The number of nitrogens with zero attached hydrogens (tertiary/aromatic N) is 4. The summed E-state index contributed by atoms with van der Waals surface area (Å²) in [4.78, 5) is 10.1. The zero-order chi connectivity index (χ0) is 24.3. The highest BCUT2D eigenvalue weighted by molar-refractivity contribution is 6.30. The molecule has 0 radical (unpaired) electrons. The maximum atomic E-state index is 6.14. The molecule has 0 N–H and O–H groups in total. The fraction of sp³-hybridized carbons (Fsp3) is 0.194. The van der Waals surface area contributed by atoms with Crippen molar-refractivity contribution in [3.8, 4) is 0 Å². The van der Waals surface area contributed by atoms with E-state index in [-0.39, 0.29) is 6.04 Å². The smallest absolute Gasteiger partial charge is 0.206 e. The number of fused-ring (bicyclic) bond motifs is 1. The number of anilines is 1. The van der Waals surface area contributed by atoms with Crippen LogP contribution in [-0.2, 0) is 6.54 Å². The van der Waals surface area contributed by atoms with Gasteiger partial charge in [-0.15, -0.1) is 0 Å². The van der Waals surface area contributed by atoms with E-state index in [1.54, 1.807) is 0 Å². The van der Waals surface area contributed by atoms with E-state index in [0.717, 1.165) is 54.7 Å². The molecule has 5 aromatic rings. The van der Waals surface area contributed by atoms with Gasteiger partial charge < -0.3 is 9.47 Å². The molecule has 1 saturated heterocycles. The van der Waals surface area contributed by atoms with Crippen molar-refractivity contribution >= 4 is 28.6 Å². The van der Waals surface area contributed by atoms with E-state index in [1.807, 2.05) is 12.1 Å². The molecule has 1 aromatic heterocycles. The standard InChI is InChI=1S/C31H29ClN4/c32-27-17-15-24(16-18-27)23-36-29-14-8-7-13-28(29)33-31(36)35-21-19-34(20-22-35)30(25-9-3-1-4-10-25)26-11-5-2-6-12-26/h1-18,30H,19-23H2. The molecule has 2 heterocycles. The summed E-state index contributed by atoms with van der Waals surface area (Å²) in [6.07, 6.45) is 0. The second-order valence-electron chi connectivity index (χ2n) is 9.36. The molecule has 0 amide bonds. The predicted molar refractivity (Wildman–Crippen MR) is 149 cm³/mol. The summed E-state index contributed by atoms with van der Waals surface area (Å²) >= 11 is 6.14. The summed E-state index contributed by atoms with van der Waals surface area (Å²) in [5.41, 5.74) is 6.10. The molecule has 0 aliphatic carbocycles. The third-order valence-corrected chi connectivity index (χ3v) is 7.33. The van der Waals surface area contributed by atoms with Gasteiger partial charge in [0.2, 0.25) is 5.95 Å². The van der Waals surface area contributed by atoms with Crippen molar-refractivity contribution in [1.29, 1.82) is 0 Å². The van der Waals surface area contributed by atoms with Crippen LogP contribution < -0.4 is 4.90 Å². The van der Waals surface area contributed by atoms with Gasteiger partial charge >= 0.3 is 0 Å². The molecule has 5 heteroatoms. The van der Waals surface area contributed by atoms with Crippen LogP contribution in [0, 0.1) is 0 Å². The number of hydrogen-bond donors (Lipinski definition) is 0. The van der Waals surface area contributed by atoms with Crippen molar-refractivity contribution in [3.05, 3.63) is 131 Å². The third kappa shape index (κ3) is 4.62. The van der Waals surface area contributed by atoms with E-state index in [1.165, 1.54) is 16.7 Å². The second-order valence-corrected chi connectivity index (χ2v) is 9.80. The molecule has 1 fully saturated rings. The summed E-state index contributed by atoms with van der Waals surface area (Å²) in [7, 11) is 0. The van der Waals surface area contributed by atoms with Crippen LogP contribution in [0.2, 0.25) is 5.02 Å². The van der Waals surface area contributed by atoms with E-state index >= 15 is 0 Å². The lowest BCUT2D eigenvalue weighted by Crippen LogP contribution is -2.48. The Morgan fingerprint density at radius 2 is 1.25 bits per heavy atom. The number of halogens is 1. The van der Waals surface area contributed by atoms with Gasteiger partial charge in [-0.2, -0.15) is 0 Å². The highest BCUT2D eigenvalue weighted by Crippen LogP contribution is 2.31. The largest absolute Gasteiger partial charge is 0.340 e. The van der Waals surface area contributed by atoms with Gasteiger partial charge in [0.25, 0.3) is 0 Å². The van der Waals surface area contributed by atoms with Crippen LogP contribution in [0.3, 0.4) is 0 Å². The maximum absolute atomic E-state index is 6.14. The van der Waals surface area contributed by atoms with Crippen LogP contribution in [0.25, 0.3) is 11.0 Å². The number of rotatable bonds is 6. The van der Waals surface area contributed by atoms with Gasteiger partial charge in [-0.3, -0.25) is 4.90 Å². The molecule has 6 rings (SSSR count). The van der Waals surface area contributed by atoms with E-state index in [0.29, 0.717) is 0 Å². The highest BCUT2D eigenvalue weighted by atomic mass is 35.5. The molecular formula is C31H29ClN4. The van der Waals surface area contributed by atoms with Crippen molar-refractivity contribution in [3.63, 3.8) is 0 Å². The summed E-state index contributed by atoms with van der Waals surface area (Å²) < 4.78 is 2.35. The van der Waals surface area contributed by atoms with Crippen LogP contribution in [0.4, 0.5) is 5.95 Å². The van der Waals surface area contributed by atoms with E-state index in [9.17, 15) is 0 Å². The number of hydrogen-bond acceptors (Lipinski definition) is 3. The van der Waals surface area contributed by atoms with Gasteiger partial charge in [-0.1, -0.05) is 96.5 Å². The quantitative estimate of drug-likeness (QED) is 0.265. The Kier molecular flexibility index (Phi) is 6.46. The molecule has 0 unspecified atom stereocenters. The Labute approximate surface area is 217 Å². The van der Waals surface area contributed by atoms with Crippen LogP contribution in [0.15, 0.2) is 109 Å². The molecule has 0 saturated carbocycles. The van der Waals surface area contributed by atoms with Crippen LogP contribution in [0.1, 0.15) is 22.7 Å². The van der Waals surface area contributed by atoms with Crippen molar-refractivity contribution in [2.75, 3.05) is 31.1 Å². The van der Waals surface area contributed by atoms with Crippen LogP contribution in [0.5, 0.6) is 0 Å². The molecular weight excluding hydrogens is 464 g/mol. The van der Waals surface area contributed by atoms with E-state index in [2.05, 4.69) is 111 Å². The molecule has 180 valence electrons. The van der Waals surface area contributed by atoms with Gasteiger partial charge in [0.15, 0.2) is 0 Å². The topological polar surface area (TPSA) is 24.3 Å². The van der Waals surface area contributed by atoms with Gasteiger partial charge in [0.05, 0.1) is 23.6 Å². The third-order valence-electron chi connectivity index (χ3n) is 7.08. The summed E-state index contributed by atoms with van der Waals surface area (Å²) in [6.45, 7) is 4.57. The van der Waals surface area contributed by atoms with Gasteiger partial charge in [-0.05, 0) is 41.0 Å². The predicted octanol–water partition coefficient (Wildman–Crippen LogP) is 6.65. The number of imidazole rings is 1. The van der Waals surface area contributed by atoms with Crippen molar-refractivity contribution in [2.45, 2.75) is 12.6 Å². The first-order valence-corrected chi connectivity index (χ1v) is 12.9. The first-order chi connectivity index (χ1) is 17.8. The fourth-order valence-corrected chi connectivity index (χ4v) is 5.42. The second kappa shape index (κ2) is 10.2. The van der Waals surface area contributed by atoms with Gasteiger partial charge in [0, 0.05) is 31.2 Å². The summed E-state index contributed by atoms with van der Waals surface area (Å²) in [5, 5.41) is 0.761. The molecule has 36 heavy (non-hydrogen) atoms. The minimum absolute atomic E-state index is 0.252. The van der Waals surface area contributed by atoms with Crippen LogP contribution >= 0.6 is 11.6 Å². The zero-order valence-electron chi connectivity index (χ0n) is 20.2. The van der Waals surface area contributed by atoms with Gasteiger partial charge in [-0.25, -0.2) is 4.98 Å². The molecule has 4 nitrogen and oxygen atoms in total. The lowest BCUT2D eigenvalue weighted by Gasteiger charge is -2.40. The molecule has 0 bridgehead atoms. The summed E-state index contributed by atoms with van der Waals surface area (Å²) in [5.74, 6) is 1.04. The number of aromatic nitrogens is 2. The highest BCUT2D eigenvalue weighted by Gasteiger charge is 2.28. The Balaban J connectivity index is 1.28. The van der Waals surface area contributed by atoms with Gasteiger partial charge in [0.1, 0.15) is 0 Å². The minimum atomic E-state index is 0.252. The molecule has 1 aliphatic heterocycles. The SMILES string of the molecule is Clc1ccc(Cn2c(N3CCN(C(c4ccccc4)c4ccccc4)CC3)nc3ccccc32)cc1. The number of benzene rings is 4. The Morgan fingerprint density at radius 1 is 0.667 bits per heavy atom. The normalized spacial score (nSPS) is 14.6. The molecule has 1 aliphatic rings. The Morgan fingerprint density at radius 3 is 1.89 bits per heavy atom. The van der Waals surface area contributed by atoms with Crippen molar-refractivity contribution in [2.24, 2.45) is 0 Å². The van der Waals surface area contributed by atoms with E-state index < -0.39 is 0 Å². The molecule has 0 atom stereocenters. The molecule has 4 aromatic carbocycles. The Hall–Kier alpha value is -3.60. The lowest BCUT2D eigenvalue weighted by atomic mass is 9.96. The average Bonchev–Trinajstić information content (AvgIpc) is 3.30. The Bertz CT molecular complexity index is 1380. The van der Waals surface area contributed by atoms with Crippen molar-refractivity contribution < 1.29 is 0 Å². The first kappa shape index (κ1) is 22.8. The minimum Gasteiger partial charge on any atom is -0.340 e. The number of piperazine rings is 1. The lowest BCUT2D eigenvalue weighted by molar-refractivity contribution is 0.211.